The molecule has 0 radical (unpaired) electrons. The zero-order chi connectivity index (χ0) is 18.8. The van der Waals surface area contributed by atoms with E-state index in [9.17, 15) is 16.8 Å². The SMILES string of the molecule is C[C@@H](NS(=O)(=O)c1ccc(S(=O)(=O)N2CCOCC2)cc1)c1ccco1. The van der Waals surface area contributed by atoms with E-state index in [1.54, 1.807) is 19.1 Å². The van der Waals surface area contributed by atoms with Crippen LogP contribution in [0.3, 0.4) is 0 Å². The standard InChI is InChI=1S/C16H20N2O6S2/c1-13(16-3-2-10-24-16)17-25(19,20)14-4-6-15(7-5-14)26(21,22)18-8-11-23-12-9-18/h2-7,10,13,17H,8-9,11-12H2,1H3/t13-/m1/s1. The molecule has 1 fully saturated rings. The van der Waals surface area contributed by atoms with Crippen molar-refractivity contribution in [2.45, 2.75) is 22.8 Å². The summed E-state index contributed by atoms with van der Waals surface area (Å²) in [6, 6.07) is 7.96. The number of hydrogen-bond acceptors (Lipinski definition) is 6. The van der Waals surface area contributed by atoms with Gasteiger partial charge >= 0.3 is 0 Å². The summed E-state index contributed by atoms with van der Waals surface area (Å²) in [6.07, 6.45) is 1.46. The van der Waals surface area contributed by atoms with Crippen LogP contribution in [0.5, 0.6) is 0 Å². The Labute approximate surface area is 152 Å². The highest BCUT2D eigenvalue weighted by atomic mass is 32.2. The number of nitrogens with zero attached hydrogens (tertiary/aromatic N) is 1. The Hall–Kier alpha value is -1.72. The molecular weight excluding hydrogens is 380 g/mol. The van der Waals surface area contributed by atoms with E-state index in [1.807, 2.05) is 0 Å². The predicted molar refractivity (Wildman–Crippen MR) is 93.5 cm³/mol. The van der Waals surface area contributed by atoms with Gasteiger partial charge < -0.3 is 9.15 Å². The van der Waals surface area contributed by atoms with E-state index in [0.29, 0.717) is 19.0 Å². The summed E-state index contributed by atoms with van der Waals surface area (Å²) in [5.74, 6) is 0.486. The van der Waals surface area contributed by atoms with Crippen molar-refractivity contribution in [3.63, 3.8) is 0 Å². The fraction of sp³-hybridized carbons (Fsp3) is 0.375. The van der Waals surface area contributed by atoms with Crippen molar-refractivity contribution in [1.29, 1.82) is 0 Å². The predicted octanol–water partition coefficient (Wildman–Crippen LogP) is 1.34. The zero-order valence-electron chi connectivity index (χ0n) is 14.2. The molecule has 1 atom stereocenters. The molecule has 1 aliphatic heterocycles. The summed E-state index contributed by atoms with van der Waals surface area (Å²) in [7, 11) is -7.47. The van der Waals surface area contributed by atoms with Crippen LogP contribution in [-0.4, -0.2) is 47.4 Å². The normalized spacial score (nSPS) is 17.9. The number of ether oxygens (including phenoxy) is 1. The van der Waals surface area contributed by atoms with Crippen molar-refractivity contribution in [1.82, 2.24) is 9.03 Å². The van der Waals surface area contributed by atoms with E-state index in [4.69, 9.17) is 9.15 Å². The third kappa shape index (κ3) is 3.99. The minimum Gasteiger partial charge on any atom is -0.468 e. The van der Waals surface area contributed by atoms with Crippen LogP contribution in [0, 0.1) is 0 Å². The third-order valence-electron chi connectivity index (χ3n) is 4.04. The van der Waals surface area contributed by atoms with Gasteiger partial charge in [-0.05, 0) is 43.3 Å². The molecule has 1 aliphatic rings. The van der Waals surface area contributed by atoms with Crippen LogP contribution in [0.15, 0.2) is 56.9 Å². The summed E-state index contributed by atoms with van der Waals surface area (Å²) in [5, 5.41) is 0. The second kappa shape index (κ2) is 7.49. The first-order valence-electron chi connectivity index (χ1n) is 8.04. The molecule has 1 N–H and O–H groups in total. The van der Waals surface area contributed by atoms with Gasteiger partial charge in [0.15, 0.2) is 0 Å². The molecule has 1 aromatic carbocycles. The number of sulfonamides is 2. The second-order valence-corrected chi connectivity index (χ2v) is 9.50. The van der Waals surface area contributed by atoms with E-state index >= 15 is 0 Å². The molecule has 2 aromatic rings. The lowest BCUT2D eigenvalue weighted by Gasteiger charge is -2.26. The summed E-state index contributed by atoms with van der Waals surface area (Å²) < 4.78 is 64.3. The second-order valence-electron chi connectivity index (χ2n) is 5.85. The quantitative estimate of drug-likeness (QED) is 0.784. The maximum absolute atomic E-state index is 12.6. The number of furan rings is 1. The van der Waals surface area contributed by atoms with Crippen LogP contribution in [0.4, 0.5) is 0 Å². The molecule has 26 heavy (non-hydrogen) atoms. The highest BCUT2D eigenvalue weighted by Crippen LogP contribution is 2.21. The van der Waals surface area contributed by atoms with Crippen molar-refractivity contribution in [2.75, 3.05) is 26.3 Å². The number of morpholine rings is 1. The Bertz CT molecular complexity index is 931. The number of hydrogen-bond donors (Lipinski definition) is 1. The van der Waals surface area contributed by atoms with Crippen LogP contribution in [0.2, 0.25) is 0 Å². The topological polar surface area (TPSA) is 106 Å². The van der Waals surface area contributed by atoms with Crippen LogP contribution >= 0.6 is 0 Å². The zero-order valence-corrected chi connectivity index (χ0v) is 15.8. The average molecular weight is 400 g/mol. The van der Waals surface area contributed by atoms with Gasteiger partial charge in [-0.3, -0.25) is 0 Å². The number of nitrogens with one attached hydrogen (secondary N) is 1. The average Bonchev–Trinajstić information content (AvgIpc) is 3.17. The van der Waals surface area contributed by atoms with Gasteiger partial charge in [0.2, 0.25) is 20.0 Å². The molecule has 3 rings (SSSR count). The fourth-order valence-corrected chi connectivity index (χ4v) is 5.24. The molecule has 1 saturated heterocycles. The Morgan fingerprint density at radius 2 is 1.62 bits per heavy atom. The smallest absolute Gasteiger partial charge is 0.243 e. The molecule has 0 aliphatic carbocycles. The van der Waals surface area contributed by atoms with Gasteiger partial charge in [0.05, 0.1) is 35.3 Å². The molecule has 8 nitrogen and oxygen atoms in total. The van der Waals surface area contributed by atoms with E-state index in [2.05, 4.69) is 4.72 Å². The summed E-state index contributed by atoms with van der Waals surface area (Å²) in [5.41, 5.74) is 0. The minimum atomic E-state index is -3.81. The Morgan fingerprint density at radius 1 is 1.00 bits per heavy atom. The van der Waals surface area contributed by atoms with Gasteiger partial charge in [0.25, 0.3) is 0 Å². The monoisotopic (exact) mass is 400 g/mol. The van der Waals surface area contributed by atoms with Crippen molar-refractivity contribution in [3.8, 4) is 0 Å². The maximum Gasteiger partial charge on any atom is 0.243 e. The lowest BCUT2D eigenvalue weighted by molar-refractivity contribution is 0.0730. The van der Waals surface area contributed by atoms with Crippen LogP contribution in [-0.2, 0) is 24.8 Å². The Kier molecular flexibility index (Phi) is 5.49. The van der Waals surface area contributed by atoms with E-state index in [0.717, 1.165) is 0 Å². The van der Waals surface area contributed by atoms with Crippen LogP contribution in [0.25, 0.3) is 0 Å². The van der Waals surface area contributed by atoms with Gasteiger partial charge in [0.1, 0.15) is 5.76 Å². The van der Waals surface area contributed by atoms with Crippen LogP contribution in [0.1, 0.15) is 18.7 Å². The highest BCUT2D eigenvalue weighted by molar-refractivity contribution is 7.89. The molecule has 0 amide bonds. The maximum atomic E-state index is 12.6. The lowest BCUT2D eigenvalue weighted by atomic mass is 10.3. The van der Waals surface area contributed by atoms with Gasteiger partial charge in [-0.25, -0.2) is 21.6 Å². The molecule has 142 valence electrons. The molecule has 2 heterocycles. The van der Waals surface area contributed by atoms with Gasteiger partial charge in [0, 0.05) is 13.1 Å². The molecular formula is C16H20N2O6S2. The third-order valence-corrected chi connectivity index (χ3v) is 7.51. The summed E-state index contributed by atoms with van der Waals surface area (Å²) >= 11 is 0. The van der Waals surface area contributed by atoms with Crippen molar-refractivity contribution in [2.24, 2.45) is 0 Å². The molecule has 0 spiro atoms. The first-order valence-corrected chi connectivity index (χ1v) is 11.0. The highest BCUT2D eigenvalue weighted by Gasteiger charge is 2.27. The van der Waals surface area contributed by atoms with Gasteiger partial charge in [-0.2, -0.15) is 4.31 Å². The lowest BCUT2D eigenvalue weighted by Crippen LogP contribution is -2.40. The van der Waals surface area contributed by atoms with Gasteiger partial charge in [-0.1, -0.05) is 0 Å². The van der Waals surface area contributed by atoms with E-state index < -0.39 is 26.1 Å². The van der Waals surface area contributed by atoms with Crippen molar-refractivity contribution in [3.05, 3.63) is 48.4 Å². The molecule has 0 saturated carbocycles. The fourth-order valence-electron chi connectivity index (χ4n) is 2.62. The Morgan fingerprint density at radius 3 is 2.19 bits per heavy atom. The molecule has 0 unspecified atom stereocenters. The van der Waals surface area contributed by atoms with E-state index in [1.165, 1.54) is 34.8 Å². The molecule has 10 heteroatoms. The summed E-state index contributed by atoms with van der Waals surface area (Å²) in [4.78, 5) is 0.0364. The van der Waals surface area contributed by atoms with E-state index in [-0.39, 0.29) is 22.9 Å². The molecule has 1 aromatic heterocycles. The first-order chi connectivity index (χ1) is 12.3. The number of rotatable bonds is 6. The van der Waals surface area contributed by atoms with Crippen molar-refractivity contribution < 1.29 is 26.0 Å². The first kappa shape index (κ1) is 19.1. The molecule has 0 bridgehead atoms. The van der Waals surface area contributed by atoms with Crippen molar-refractivity contribution >= 4 is 20.0 Å². The minimum absolute atomic E-state index is 0.0168. The summed E-state index contributed by atoms with van der Waals surface area (Å²) in [6.45, 7) is 2.92. The largest absolute Gasteiger partial charge is 0.468 e. The van der Waals surface area contributed by atoms with Crippen LogP contribution < -0.4 is 4.72 Å². The Balaban J connectivity index is 1.78. The number of benzene rings is 1. The van der Waals surface area contributed by atoms with Gasteiger partial charge in [-0.15, -0.1) is 0 Å².